The minimum absolute atomic E-state index is 0. The second-order valence-electron chi connectivity index (χ2n) is 7.88. The number of halogens is 1. The first-order chi connectivity index (χ1) is 12.2. The van der Waals surface area contributed by atoms with Gasteiger partial charge in [-0.3, -0.25) is 4.79 Å². The number of amides is 1. The molecule has 2 heterocycles. The zero-order chi connectivity index (χ0) is 17.2. The maximum absolute atomic E-state index is 12.6. The molecule has 0 saturated carbocycles. The van der Waals surface area contributed by atoms with Gasteiger partial charge < -0.3 is 10.2 Å². The largest absolute Gasteiger partial charge is 0.345 e. The van der Waals surface area contributed by atoms with Crippen LogP contribution in [-0.2, 0) is 11.2 Å². The summed E-state index contributed by atoms with van der Waals surface area (Å²) in [5, 5.41) is 6.24. The number of rotatable bonds is 5. The summed E-state index contributed by atoms with van der Waals surface area (Å²) in [7, 11) is 1.96. The van der Waals surface area contributed by atoms with Crippen LogP contribution in [0.3, 0.4) is 0 Å². The van der Waals surface area contributed by atoms with Gasteiger partial charge in [0, 0.05) is 32.1 Å². The average molecular weight is 373 g/mol. The van der Waals surface area contributed by atoms with Crippen molar-refractivity contribution < 1.29 is 4.79 Å². The molecular formula is C22H29ClN2O. The number of piperidine rings is 1. The molecule has 2 fully saturated rings. The van der Waals surface area contributed by atoms with Crippen LogP contribution >= 0.6 is 12.4 Å². The first kappa shape index (κ1) is 19.2. The molecule has 26 heavy (non-hydrogen) atoms. The highest BCUT2D eigenvalue weighted by Gasteiger charge is 2.34. The lowest BCUT2D eigenvalue weighted by molar-refractivity contribution is -0.131. The zero-order valence-electron chi connectivity index (χ0n) is 15.5. The first-order valence-electron chi connectivity index (χ1n) is 9.65. The quantitative estimate of drug-likeness (QED) is 0.853. The first-order valence-corrected chi connectivity index (χ1v) is 9.65. The zero-order valence-corrected chi connectivity index (χ0v) is 16.3. The van der Waals surface area contributed by atoms with E-state index in [0.717, 1.165) is 19.4 Å². The van der Waals surface area contributed by atoms with Gasteiger partial charge >= 0.3 is 0 Å². The highest BCUT2D eigenvalue weighted by Crippen LogP contribution is 2.33. The predicted molar refractivity (Wildman–Crippen MR) is 110 cm³/mol. The number of benzene rings is 2. The molecule has 2 aromatic rings. The van der Waals surface area contributed by atoms with Crippen LogP contribution < -0.4 is 5.32 Å². The summed E-state index contributed by atoms with van der Waals surface area (Å²) in [5.41, 5.74) is 1.33. The summed E-state index contributed by atoms with van der Waals surface area (Å²) in [6.45, 7) is 0.796. The minimum Gasteiger partial charge on any atom is -0.345 e. The molecule has 2 atom stereocenters. The van der Waals surface area contributed by atoms with E-state index in [4.69, 9.17) is 0 Å². The summed E-state index contributed by atoms with van der Waals surface area (Å²) in [4.78, 5) is 14.6. The molecule has 4 heteroatoms. The Labute approximate surface area is 162 Å². The van der Waals surface area contributed by atoms with Crippen molar-refractivity contribution in [3.63, 3.8) is 0 Å². The lowest BCUT2D eigenvalue weighted by Gasteiger charge is -2.30. The fraction of sp³-hybridized carbons (Fsp3) is 0.500. The van der Waals surface area contributed by atoms with Crippen LogP contribution in [0.1, 0.15) is 37.7 Å². The number of likely N-dealkylation sites (N-methyl/N-ethyl adjacent to an activating group) is 1. The monoisotopic (exact) mass is 372 g/mol. The number of carbonyl (C=O) groups excluding carboxylic acids is 1. The molecule has 2 aromatic carbocycles. The third-order valence-electron chi connectivity index (χ3n) is 6.06. The van der Waals surface area contributed by atoms with E-state index in [2.05, 4.69) is 47.8 Å². The van der Waals surface area contributed by atoms with Crippen molar-refractivity contribution >= 4 is 29.1 Å². The van der Waals surface area contributed by atoms with Gasteiger partial charge in [-0.25, -0.2) is 0 Å². The Bertz CT molecular complexity index is 745. The van der Waals surface area contributed by atoms with Crippen LogP contribution in [-0.4, -0.2) is 36.5 Å². The van der Waals surface area contributed by atoms with Crippen molar-refractivity contribution in [2.75, 3.05) is 13.6 Å². The SMILES string of the molecule is CN(CCc1cccc2ccccc12)C(=O)CC1CC2CCC(C1)N2.Cl. The lowest BCUT2D eigenvalue weighted by Crippen LogP contribution is -2.40. The summed E-state index contributed by atoms with van der Waals surface area (Å²) in [6.07, 6.45) is 6.60. The number of nitrogens with zero attached hydrogens (tertiary/aromatic N) is 1. The van der Waals surface area contributed by atoms with Gasteiger partial charge in [-0.05, 0) is 54.4 Å². The second kappa shape index (κ2) is 8.41. The van der Waals surface area contributed by atoms with E-state index >= 15 is 0 Å². The molecule has 0 spiro atoms. The number of fused-ring (bicyclic) bond motifs is 3. The highest BCUT2D eigenvalue weighted by molar-refractivity contribution is 5.86. The molecule has 1 N–H and O–H groups in total. The predicted octanol–water partition coefficient (Wildman–Crippen LogP) is 4.18. The highest BCUT2D eigenvalue weighted by atomic mass is 35.5. The van der Waals surface area contributed by atoms with Gasteiger partial charge in [-0.2, -0.15) is 0 Å². The second-order valence-corrected chi connectivity index (χ2v) is 7.88. The molecule has 3 nitrogen and oxygen atoms in total. The van der Waals surface area contributed by atoms with Crippen LogP contribution in [0.2, 0.25) is 0 Å². The maximum Gasteiger partial charge on any atom is 0.222 e. The molecule has 2 bridgehead atoms. The normalized spacial score (nSPS) is 24.3. The summed E-state index contributed by atoms with van der Waals surface area (Å²) in [5.74, 6) is 0.887. The van der Waals surface area contributed by atoms with Gasteiger partial charge in [0.15, 0.2) is 0 Å². The molecule has 0 aromatic heterocycles. The molecule has 2 aliphatic rings. The summed E-state index contributed by atoms with van der Waals surface area (Å²) >= 11 is 0. The molecule has 140 valence electrons. The van der Waals surface area contributed by atoms with Crippen molar-refractivity contribution in [3.05, 3.63) is 48.0 Å². The third-order valence-corrected chi connectivity index (χ3v) is 6.06. The Morgan fingerprint density at radius 3 is 2.54 bits per heavy atom. The molecule has 2 unspecified atom stereocenters. The maximum atomic E-state index is 12.6. The van der Waals surface area contributed by atoms with Crippen LogP contribution in [0.25, 0.3) is 10.8 Å². The van der Waals surface area contributed by atoms with E-state index < -0.39 is 0 Å². The number of nitrogens with one attached hydrogen (secondary N) is 1. The number of hydrogen-bond donors (Lipinski definition) is 1. The number of hydrogen-bond acceptors (Lipinski definition) is 2. The van der Waals surface area contributed by atoms with Gasteiger partial charge in [0.05, 0.1) is 0 Å². The Balaban J connectivity index is 0.00000196. The molecule has 4 rings (SSSR count). The standard InChI is InChI=1S/C22H28N2O.ClH/c1-24(22(25)15-16-13-19-9-10-20(14-16)23-19)12-11-18-7-4-6-17-5-2-3-8-21(17)18;/h2-8,16,19-20,23H,9-15H2,1H3;1H. The Morgan fingerprint density at radius 2 is 1.77 bits per heavy atom. The van der Waals surface area contributed by atoms with Gasteiger partial charge in [0.2, 0.25) is 5.91 Å². The Morgan fingerprint density at radius 1 is 1.08 bits per heavy atom. The van der Waals surface area contributed by atoms with Crippen molar-refractivity contribution in [2.45, 2.75) is 50.6 Å². The molecular weight excluding hydrogens is 344 g/mol. The van der Waals surface area contributed by atoms with E-state index in [-0.39, 0.29) is 12.4 Å². The van der Waals surface area contributed by atoms with Gasteiger partial charge in [-0.1, -0.05) is 42.5 Å². The van der Waals surface area contributed by atoms with E-state index in [1.807, 2.05) is 11.9 Å². The molecule has 0 aliphatic carbocycles. The van der Waals surface area contributed by atoms with Gasteiger partial charge in [0.25, 0.3) is 0 Å². The van der Waals surface area contributed by atoms with Crippen LogP contribution in [0, 0.1) is 5.92 Å². The summed E-state index contributed by atoms with van der Waals surface area (Å²) in [6, 6.07) is 16.3. The number of carbonyl (C=O) groups is 1. The Kier molecular flexibility index (Phi) is 6.20. The van der Waals surface area contributed by atoms with E-state index in [9.17, 15) is 4.79 Å². The van der Waals surface area contributed by atoms with Crippen molar-refractivity contribution in [2.24, 2.45) is 5.92 Å². The van der Waals surface area contributed by atoms with Crippen molar-refractivity contribution in [3.8, 4) is 0 Å². The molecule has 1 amide bonds. The minimum atomic E-state index is 0. The Hall–Kier alpha value is -1.58. The van der Waals surface area contributed by atoms with E-state index in [1.54, 1.807) is 0 Å². The summed E-state index contributed by atoms with van der Waals surface area (Å²) < 4.78 is 0. The van der Waals surface area contributed by atoms with Crippen LogP contribution in [0.5, 0.6) is 0 Å². The van der Waals surface area contributed by atoms with E-state index in [1.165, 1.54) is 42.0 Å². The fourth-order valence-electron chi connectivity index (χ4n) is 4.67. The molecule has 2 saturated heterocycles. The van der Waals surface area contributed by atoms with E-state index in [0.29, 0.717) is 23.9 Å². The topological polar surface area (TPSA) is 32.3 Å². The van der Waals surface area contributed by atoms with Crippen LogP contribution in [0.15, 0.2) is 42.5 Å². The fourth-order valence-corrected chi connectivity index (χ4v) is 4.67. The molecule has 0 radical (unpaired) electrons. The average Bonchev–Trinajstić information content (AvgIpc) is 2.98. The third kappa shape index (κ3) is 4.21. The van der Waals surface area contributed by atoms with Gasteiger partial charge in [-0.15, -0.1) is 12.4 Å². The lowest BCUT2D eigenvalue weighted by atomic mass is 9.89. The molecule has 2 aliphatic heterocycles. The van der Waals surface area contributed by atoms with Gasteiger partial charge in [0.1, 0.15) is 0 Å². The smallest absolute Gasteiger partial charge is 0.222 e. The van der Waals surface area contributed by atoms with Crippen LogP contribution in [0.4, 0.5) is 0 Å². The van der Waals surface area contributed by atoms with Crippen molar-refractivity contribution in [1.82, 2.24) is 10.2 Å². The van der Waals surface area contributed by atoms with Crippen molar-refractivity contribution in [1.29, 1.82) is 0 Å².